The highest BCUT2D eigenvalue weighted by molar-refractivity contribution is 5.98. The van der Waals surface area contributed by atoms with E-state index < -0.39 is 0 Å². The molecular weight excluding hydrogens is 252 g/mol. The van der Waals surface area contributed by atoms with Crippen LogP contribution in [-0.4, -0.2) is 30.6 Å². The van der Waals surface area contributed by atoms with Crippen molar-refractivity contribution in [2.45, 2.75) is 20.3 Å². The minimum atomic E-state index is -0.0550. The van der Waals surface area contributed by atoms with Gasteiger partial charge in [0.15, 0.2) is 0 Å². The summed E-state index contributed by atoms with van der Waals surface area (Å²) in [6.07, 6.45) is 2.92. The second kappa shape index (κ2) is 7.10. The Morgan fingerprint density at radius 2 is 2.15 bits per heavy atom. The van der Waals surface area contributed by atoms with E-state index in [1.165, 1.54) is 0 Å². The quantitative estimate of drug-likeness (QED) is 0.763. The highest BCUT2D eigenvalue weighted by Gasteiger charge is 2.06. The summed E-state index contributed by atoms with van der Waals surface area (Å²) in [5, 5.41) is 3.92. The van der Waals surface area contributed by atoms with E-state index in [1.807, 2.05) is 30.5 Å². The Bertz CT molecular complexity index is 560. The van der Waals surface area contributed by atoms with Crippen molar-refractivity contribution in [2.24, 2.45) is 5.92 Å². The maximum atomic E-state index is 12.0. The van der Waals surface area contributed by atoms with Gasteiger partial charge in [0.1, 0.15) is 0 Å². The van der Waals surface area contributed by atoms with Crippen molar-refractivity contribution in [3.05, 3.63) is 36.0 Å². The molecule has 0 radical (unpaired) electrons. The molecule has 0 bridgehead atoms. The monoisotopic (exact) mass is 274 g/mol. The summed E-state index contributed by atoms with van der Waals surface area (Å²) < 4.78 is 5.47. The molecule has 2 N–H and O–H groups in total. The van der Waals surface area contributed by atoms with Gasteiger partial charge in [-0.05, 0) is 36.6 Å². The van der Waals surface area contributed by atoms with Gasteiger partial charge in [0.25, 0.3) is 5.91 Å². The van der Waals surface area contributed by atoms with Gasteiger partial charge in [0, 0.05) is 35.8 Å². The van der Waals surface area contributed by atoms with Crippen molar-refractivity contribution in [3.8, 4) is 0 Å². The third kappa shape index (κ3) is 4.10. The Balaban J connectivity index is 1.74. The zero-order valence-corrected chi connectivity index (χ0v) is 12.1. The standard InChI is InChI=1S/C16H22N2O2/c1-12(2)6-9-20-10-8-18-16(19)14-3-4-15-13(11-14)5-7-17-15/h3-5,7,11-12,17H,6,8-10H2,1-2H3,(H,18,19). The number of hydrogen-bond donors (Lipinski definition) is 2. The summed E-state index contributed by atoms with van der Waals surface area (Å²) in [5.41, 5.74) is 1.72. The summed E-state index contributed by atoms with van der Waals surface area (Å²) in [4.78, 5) is 15.1. The Hall–Kier alpha value is -1.81. The van der Waals surface area contributed by atoms with E-state index in [0.29, 0.717) is 24.6 Å². The molecule has 4 heteroatoms. The van der Waals surface area contributed by atoms with Crippen LogP contribution < -0.4 is 5.32 Å². The maximum Gasteiger partial charge on any atom is 0.251 e. The Morgan fingerprint density at radius 1 is 1.30 bits per heavy atom. The van der Waals surface area contributed by atoms with Crippen molar-refractivity contribution in [1.82, 2.24) is 10.3 Å². The number of rotatable bonds is 7. The SMILES string of the molecule is CC(C)CCOCCNC(=O)c1ccc2[nH]ccc2c1. The van der Waals surface area contributed by atoms with Gasteiger partial charge in [0.05, 0.1) is 6.61 Å². The molecule has 1 aromatic heterocycles. The Labute approximate surface area is 119 Å². The predicted octanol–water partition coefficient (Wildman–Crippen LogP) is 2.96. The Morgan fingerprint density at radius 3 is 2.95 bits per heavy atom. The highest BCUT2D eigenvalue weighted by atomic mass is 16.5. The summed E-state index contributed by atoms with van der Waals surface area (Å²) in [6.45, 7) is 6.19. The second-order valence-corrected chi connectivity index (χ2v) is 5.33. The number of ether oxygens (including phenoxy) is 1. The molecule has 1 heterocycles. The molecule has 1 amide bonds. The van der Waals surface area contributed by atoms with E-state index >= 15 is 0 Å². The topological polar surface area (TPSA) is 54.1 Å². The molecule has 0 aliphatic heterocycles. The lowest BCUT2D eigenvalue weighted by Crippen LogP contribution is -2.27. The van der Waals surface area contributed by atoms with Crippen LogP contribution in [0.15, 0.2) is 30.5 Å². The van der Waals surface area contributed by atoms with E-state index in [1.54, 1.807) is 0 Å². The highest BCUT2D eigenvalue weighted by Crippen LogP contribution is 2.14. The molecule has 0 saturated carbocycles. The molecule has 0 atom stereocenters. The van der Waals surface area contributed by atoms with Crippen LogP contribution in [-0.2, 0) is 4.74 Å². The minimum absolute atomic E-state index is 0.0550. The lowest BCUT2D eigenvalue weighted by Gasteiger charge is -2.08. The van der Waals surface area contributed by atoms with Crippen LogP contribution >= 0.6 is 0 Å². The van der Waals surface area contributed by atoms with Crippen LogP contribution in [0.3, 0.4) is 0 Å². The predicted molar refractivity (Wildman–Crippen MR) is 80.9 cm³/mol. The van der Waals surface area contributed by atoms with Crippen molar-refractivity contribution >= 4 is 16.8 Å². The molecule has 0 unspecified atom stereocenters. The van der Waals surface area contributed by atoms with E-state index in [4.69, 9.17) is 4.74 Å². The van der Waals surface area contributed by atoms with Gasteiger partial charge in [-0.25, -0.2) is 0 Å². The number of amides is 1. The number of hydrogen-bond acceptors (Lipinski definition) is 2. The first kappa shape index (κ1) is 14.6. The van der Waals surface area contributed by atoms with Gasteiger partial charge in [0.2, 0.25) is 0 Å². The minimum Gasteiger partial charge on any atom is -0.380 e. The van der Waals surface area contributed by atoms with Crippen LogP contribution in [0.2, 0.25) is 0 Å². The van der Waals surface area contributed by atoms with Gasteiger partial charge in [-0.15, -0.1) is 0 Å². The van der Waals surface area contributed by atoms with E-state index in [0.717, 1.165) is 23.9 Å². The average molecular weight is 274 g/mol. The lowest BCUT2D eigenvalue weighted by atomic mass is 10.1. The molecule has 2 aromatic rings. The number of aromatic amines is 1. The Kier molecular flexibility index (Phi) is 5.18. The molecule has 0 aliphatic carbocycles. The van der Waals surface area contributed by atoms with Crippen molar-refractivity contribution in [1.29, 1.82) is 0 Å². The molecule has 1 aromatic carbocycles. The van der Waals surface area contributed by atoms with Gasteiger partial charge in [-0.3, -0.25) is 4.79 Å². The summed E-state index contributed by atoms with van der Waals surface area (Å²) in [6, 6.07) is 7.60. The van der Waals surface area contributed by atoms with Crippen LogP contribution in [0.1, 0.15) is 30.6 Å². The first-order valence-electron chi connectivity index (χ1n) is 7.10. The molecule has 20 heavy (non-hydrogen) atoms. The third-order valence-corrected chi connectivity index (χ3v) is 3.19. The zero-order chi connectivity index (χ0) is 14.4. The van der Waals surface area contributed by atoms with Crippen LogP contribution in [0, 0.1) is 5.92 Å². The number of nitrogens with one attached hydrogen (secondary N) is 2. The normalized spacial score (nSPS) is 11.2. The molecule has 0 spiro atoms. The van der Waals surface area contributed by atoms with Gasteiger partial charge < -0.3 is 15.0 Å². The summed E-state index contributed by atoms with van der Waals surface area (Å²) >= 11 is 0. The van der Waals surface area contributed by atoms with Crippen LogP contribution in [0.5, 0.6) is 0 Å². The number of H-pyrrole nitrogens is 1. The zero-order valence-electron chi connectivity index (χ0n) is 12.1. The fraction of sp³-hybridized carbons (Fsp3) is 0.438. The smallest absolute Gasteiger partial charge is 0.251 e. The van der Waals surface area contributed by atoms with Crippen molar-refractivity contribution in [2.75, 3.05) is 19.8 Å². The molecule has 4 nitrogen and oxygen atoms in total. The molecule has 2 rings (SSSR count). The number of carbonyl (C=O) groups is 1. The average Bonchev–Trinajstić information content (AvgIpc) is 2.89. The van der Waals surface area contributed by atoms with Gasteiger partial charge >= 0.3 is 0 Å². The van der Waals surface area contributed by atoms with Gasteiger partial charge in [-0.1, -0.05) is 13.8 Å². The molecule has 108 valence electrons. The molecule has 0 fully saturated rings. The lowest BCUT2D eigenvalue weighted by molar-refractivity contribution is 0.0906. The van der Waals surface area contributed by atoms with E-state index in [-0.39, 0.29) is 5.91 Å². The van der Waals surface area contributed by atoms with E-state index in [2.05, 4.69) is 24.1 Å². The van der Waals surface area contributed by atoms with Gasteiger partial charge in [-0.2, -0.15) is 0 Å². The molecule has 0 aliphatic rings. The summed E-state index contributed by atoms with van der Waals surface area (Å²) in [5.74, 6) is 0.596. The first-order chi connectivity index (χ1) is 9.66. The fourth-order valence-corrected chi connectivity index (χ4v) is 1.95. The van der Waals surface area contributed by atoms with Crippen LogP contribution in [0.4, 0.5) is 0 Å². The maximum absolute atomic E-state index is 12.0. The van der Waals surface area contributed by atoms with Crippen LogP contribution in [0.25, 0.3) is 10.9 Å². The number of aromatic nitrogens is 1. The van der Waals surface area contributed by atoms with E-state index in [9.17, 15) is 4.79 Å². The van der Waals surface area contributed by atoms with Crippen molar-refractivity contribution < 1.29 is 9.53 Å². The second-order valence-electron chi connectivity index (χ2n) is 5.33. The first-order valence-corrected chi connectivity index (χ1v) is 7.10. The molecular formula is C16H22N2O2. The summed E-state index contributed by atoms with van der Waals surface area (Å²) in [7, 11) is 0. The third-order valence-electron chi connectivity index (χ3n) is 3.19. The number of fused-ring (bicyclic) bond motifs is 1. The number of carbonyl (C=O) groups excluding carboxylic acids is 1. The number of benzene rings is 1. The molecule has 0 saturated heterocycles. The largest absolute Gasteiger partial charge is 0.380 e. The fourth-order valence-electron chi connectivity index (χ4n) is 1.95. The van der Waals surface area contributed by atoms with Crippen molar-refractivity contribution in [3.63, 3.8) is 0 Å².